The number of methoxy groups -OCH3 is 1. The lowest BCUT2D eigenvalue weighted by Gasteiger charge is -2.09. The number of para-hydroxylation sites is 1. The summed E-state index contributed by atoms with van der Waals surface area (Å²) in [5, 5.41) is 6.74. The standard InChI is InChI=1S/C18H19N5O4/c1-11-8-12(2)23-18(20-11)21-16(22-23)17(25)27-10-15(24)19-9-13-6-4-5-7-14(13)26-3/h4-8H,9-10H2,1-3H3,(H,19,24). The number of hydrogen-bond donors (Lipinski definition) is 1. The van der Waals surface area contributed by atoms with Crippen molar-refractivity contribution in [3.8, 4) is 5.75 Å². The van der Waals surface area contributed by atoms with E-state index in [-0.39, 0.29) is 12.4 Å². The summed E-state index contributed by atoms with van der Waals surface area (Å²) in [5.41, 5.74) is 2.38. The second-order valence-corrected chi connectivity index (χ2v) is 5.85. The summed E-state index contributed by atoms with van der Waals surface area (Å²) >= 11 is 0. The molecule has 0 spiro atoms. The first-order chi connectivity index (χ1) is 13.0. The highest BCUT2D eigenvalue weighted by molar-refractivity contribution is 5.88. The maximum Gasteiger partial charge on any atom is 0.378 e. The van der Waals surface area contributed by atoms with Gasteiger partial charge in [-0.3, -0.25) is 4.79 Å². The van der Waals surface area contributed by atoms with Gasteiger partial charge in [0.05, 0.1) is 7.11 Å². The summed E-state index contributed by atoms with van der Waals surface area (Å²) in [6.45, 7) is 3.48. The smallest absolute Gasteiger partial charge is 0.378 e. The van der Waals surface area contributed by atoms with Crippen molar-refractivity contribution < 1.29 is 19.1 Å². The summed E-state index contributed by atoms with van der Waals surface area (Å²) in [7, 11) is 1.56. The van der Waals surface area contributed by atoms with E-state index in [4.69, 9.17) is 9.47 Å². The van der Waals surface area contributed by atoms with Crippen LogP contribution in [0.4, 0.5) is 0 Å². The largest absolute Gasteiger partial charge is 0.496 e. The molecule has 2 heterocycles. The first-order valence-electron chi connectivity index (χ1n) is 8.24. The van der Waals surface area contributed by atoms with Crippen LogP contribution < -0.4 is 10.1 Å². The van der Waals surface area contributed by atoms with E-state index in [0.717, 1.165) is 17.0 Å². The van der Waals surface area contributed by atoms with Crippen molar-refractivity contribution in [3.63, 3.8) is 0 Å². The van der Waals surface area contributed by atoms with Crippen LogP contribution in [0.2, 0.25) is 0 Å². The molecule has 27 heavy (non-hydrogen) atoms. The van der Waals surface area contributed by atoms with Gasteiger partial charge in [0, 0.05) is 23.5 Å². The first-order valence-corrected chi connectivity index (χ1v) is 8.24. The Morgan fingerprint density at radius 3 is 2.74 bits per heavy atom. The van der Waals surface area contributed by atoms with Gasteiger partial charge in [-0.2, -0.15) is 4.98 Å². The molecule has 3 rings (SSSR count). The molecule has 0 fully saturated rings. The minimum Gasteiger partial charge on any atom is -0.496 e. The molecule has 0 aliphatic rings. The van der Waals surface area contributed by atoms with Gasteiger partial charge >= 0.3 is 5.97 Å². The first kappa shape index (κ1) is 18.3. The van der Waals surface area contributed by atoms with Crippen molar-refractivity contribution in [1.29, 1.82) is 0 Å². The Morgan fingerprint density at radius 2 is 1.96 bits per heavy atom. The Morgan fingerprint density at radius 1 is 1.19 bits per heavy atom. The molecule has 0 bridgehead atoms. The summed E-state index contributed by atoms with van der Waals surface area (Å²) < 4.78 is 11.7. The molecule has 0 saturated heterocycles. The lowest BCUT2D eigenvalue weighted by Crippen LogP contribution is -2.28. The third-order valence-corrected chi connectivity index (χ3v) is 3.80. The maximum atomic E-state index is 12.1. The fourth-order valence-corrected chi connectivity index (χ4v) is 2.54. The fraction of sp³-hybridized carbons (Fsp3) is 0.278. The molecule has 0 saturated carbocycles. The number of esters is 1. The molecular formula is C18H19N5O4. The Hall–Kier alpha value is -3.49. The molecule has 9 nitrogen and oxygen atoms in total. The average molecular weight is 369 g/mol. The number of nitrogens with one attached hydrogen (secondary N) is 1. The van der Waals surface area contributed by atoms with Crippen LogP contribution in [0.5, 0.6) is 5.75 Å². The van der Waals surface area contributed by atoms with Crippen LogP contribution in [0.3, 0.4) is 0 Å². The monoisotopic (exact) mass is 369 g/mol. The van der Waals surface area contributed by atoms with Crippen LogP contribution in [0.25, 0.3) is 5.78 Å². The van der Waals surface area contributed by atoms with Crippen LogP contribution >= 0.6 is 0 Å². The molecule has 1 N–H and O–H groups in total. The molecule has 3 aromatic rings. The minimum absolute atomic E-state index is 0.145. The number of hydrogen-bond acceptors (Lipinski definition) is 7. The molecule has 1 aromatic carbocycles. The number of aromatic nitrogens is 4. The molecule has 1 amide bonds. The second-order valence-electron chi connectivity index (χ2n) is 5.85. The van der Waals surface area contributed by atoms with E-state index in [2.05, 4.69) is 20.4 Å². The minimum atomic E-state index is -0.787. The normalized spacial score (nSPS) is 10.6. The summed E-state index contributed by atoms with van der Waals surface area (Å²) in [4.78, 5) is 32.3. The molecule has 0 radical (unpaired) electrons. The molecule has 140 valence electrons. The molecule has 0 unspecified atom stereocenters. The average Bonchev–Trinajstić information content (AvgIpc) is 3.09. The highest BCUT2D eigenvalue weighted by Crippen LogP contribution is 2.16. The van der Waals surface area contributed by atoms with E-state index < -0.39 is 18.5 Å². The highest BCUT2D eigenvalue weighted by atomic mass is 16.5. The van der Waals surface area contributed by atoms with Crippen molar-refractivity contribution in [2.75, 3.05) is 13.7 Å². The van der Waals surface area contributed by atoms with Crippen molar-refractivity contribution in [3.05, 3.63) is 53.1 Å². The van der Waals surface area contributed by atoms with E-state index in [1.54, 1.807) is 13.2 Å². The van der Waals surface area contributed by atoms with Gasteiger partial charge in [0.15, 0.2) is 6.61 Å². The predicted molar refractivity (Wildman–Crippen MR) is 95.4 cm³/mol. The van der Waals surface area contributed by atoms with Gasteiger partial charge in [-0.1, -0.05) is 18.2 Å². The predicted octanol–water partition coefficient (Wildman–Crippen LogP) is 1.22. The maximum absolute atomic E-state index is 12.1. The Bertz CT molecular complexity index is 999. The van der Waals surface area contributed by atoms with Crippen LogP contribution in [0, 0.1) is 13.8 Å². The highest BCUT2D eigenvalue weighted by Gasteiger charge is 2.17. The van der Waals surface area contributed by atoms with Gasteiger partial charge in [-0.15, -0.1) is 5.10 Å². The number of carbonyl (C=O) groups is 2. The van der Waals surface area contributed by atoms with Crippen molar-refractivity contribution >= 4 is 17.7 Å². The number of amides is 1. The van der Waals surface area contributed by atoms with Gasteiger partial charge < -0.3 is 14.8 Å². The number of carbonyl (C=O) groups excluding carboxylic acids is 2. The van der Waals surface area contributed by atoms with E-state index in [1.807, 2.05) is 38.1 Å². The van der Waals surface area contributed by atoms with Crippen LogP contribution in [0.15, 0.2) is 30.3 Å². The van der Waals surface area contributed by atoms with Crippen molar-refractivity contribution in [1.82, 2.24) is 24.9 Å². The van der Waals surface area contributed by atoms with Gasteiger partial charge in [0.2, 0.25) is 0 Å². The zero-order valence-electron chi connectivity index (χ0n) is 15.2. The lowest BCUT2D eigenvalue weighted by molar-refractivity contribution is -0.124. The Balaban J connectivity index is 1.57. The molecule has 2 aromatic heterocycles. The van der Waals surface area contributed by atoms with E-state index in [9.17, 15) is 9.59 Å². The Kier molecular flexibility index (Phi) is 5.30. The second kappa shape index (κ2) is 7.81. The zero-order chi connectivity index (χ0) is 19.4. The zero-order valence-corrected chi connectivity index (χ0v) is 15.2. The third-order valence-electron chi connectivity index (χ3n) is 3.80. The van der Waals surface area contributed by atoms with E-state index >= 15 is 0 Å². The van der Waals surface area contributed by atoms with Gasteiger partial charge in [-0.05, 0) is 26.0 Å². The SMILES string of the molecule is COc1ccccc1CNC(=O)COC(=O)c1nc2nc(C)cc(C)n2n1. The molecule has 9 heteroatoms. The molecule has 0 atom stereocenters. The number of nitrogens with zero attached hydrogens (tertiary/aromatic N) is 4. The lowest BCUT2D eigenvalue weighted by atomic mass is 10.2. The third kappa shape index (κ3) is 4.20. The summed E-state index contributed by atoms with van der Waals surface area (Å²) in [6.07, 6.45) is 0. The van der Waals surface area contributed by atoms with E-state index in [0.29, 0.717) is 11.5 Å². The van der Waals surface area contributed by atoms with Crippen molar-refractivity contribution in [2.24, 2.45) is 0 Å². The topological polar surface area (TPSA) is 108 Å². The number of benzene rings is 1. The van der Waals surface area contributed by atoms with Gasteiger partial charge in [0.25, 0.3) is 17.5 Å². The van der Waals surface area contributed by atoms with Crippen LogP contribution in [0.1, 0.15) is 27.6 Å². The molecule has 0 aliphatic heterocycles. The van der Waals surface area contributed by atoms with Gasteiger partial charge in [0.1, 0.15) is 5.75 Å². The van der Waals surface area contributed by atoms with Crippen LogP contribution in [-0.2, 0) is 16.1 Å². The number of ether oxygens (including phenoxy) is 2. The number of rotatable bonds is 6. The van der Waals surface area contributed by atoms with E-state index in [1.165, 1.54) is 4.52 Å². The quantitative estimate of drug-likeness (QED) is 0.651. The molecule has 0 aliphatic carbocycles. The van der Waals surface area contributed by atoms with Crippen molar-refractivity contribution in [2.45, 2.75) is 20.4 Å². The number of aryl methyl sites for hydroxylation is 2. The molecular weight excluding hydrogens is 350 g/mol. The summed E-state index contributed by atoms with van der Waals surface area (Å²) in [5.74, 6) is -0.399. The fourth-order valence-electron chi connectivity index (χ4n) is 2.54. The van der Waals surface area contributed by atoms with Gasteiger partial charge in [-0.25, -0.2) is 14.3 Å². The Labute approximate surface area is 155 Å². The van der Waals surface area contributed by atoms with Crippen LogP contribution in [-0.4, -0.2) is 45.2 Å². The number of fused-ring (bicyclic) bond motifs is 1. The summed E-state index contributed by atoms with van der Waals surface area (Å²) in [6, 6.07) is 9.14.